The van der Waals surface area contributed by atoms with E-state index in [1.165, 1.54) is 6.92 Å². The summed E-state index contributed by atoms with van der Waals surface area (Å²) < 4.78 is 17.9. The van der Waals surface area contributed by atoms with Crippen molar-refractivity contribution in [3.63, 3.8) is 0 Å². The number of ether oxygens (including phenoxy) is 1. The Balaban J connectivity index is 2.52. The van der Waals surface area contributed by atoms with Crippen LogP contribution in [-0.4, -0.2) is 36.1 Å². The summed E-state index contributed by atoms with van der Waals surface area (Å²) in [5.74, 6) is 0. The molecule has 0 aromatic rings. The predicted molar refractivity (Wildman–Crippen MR) is 39.3 cm³/mol. The summed E-state index contributed by atoms with van der Waals surface area (Å²) in [6, 6.07) is 0. The number of alkyl halides is 1. The van der Waals surface area contributed by atoms with E-state index in [-0.39, 0.29) is 6.54 Å². The van der Waals surface area contributed by atoms with Crippen LogP contribution in [0.4, 0.5) is 4.39 Å². The minimum absolute atomic E-state index is 0.0254. The number of hydrogen-bond acceptors (Lipinski definition) is 3. The van der Waals surface area contributed by atoms with Gasteiger partial charge in [-0.1, -0.05) is 5.11 Å². The normalized spacial score (nSPS) is 40.9. The summed E-state index contributed by atoms with van der Waals surface area (Å²) in [5.41, 5.74) is 7.97. The molecule has 1 aliphatic heterocycles. The van der Waals surface area contributed by atoms with Crippen LogP contribution in [0.3, 0.4) is 0 Å². The molecule has 0 aromatic carbocycles. The third-order valence-corrected chi connectivity index (χ3v) is 1.87. The molecule has 1 saturated heterocycles. The summed E-state index contributed by atoms with van der Waals surface area (Å²) in [4.78, 5) is 2.50. The van der Waals surface area contributed by atoms with Gasteiger partial charge in [-0.3, -0.25) is 0 Å². The van der Waals surface area contributed by atoms with Crippen molar-refractivity contribution < 1.29 is 14.2 Å². The highest BCUT2D eigenvalue weighted by Crippen LogP contribution is 2.23. The van der Waals surface area contributed by atoms with Crippen LogP contribution < -0.4 is 0 Å². The molecule has 0 saturated carbocycles. The molecule has 4 atom stereocenters. The molecule has 6 heteroatoms. The van der Waals surface area contributed by atoms with Crippen LogP contribution in [0.2, 0.25) is 0 Å². The van der Waals surface area contributed by atoms with Crippen LogP contribution in [0.1, 0.15) is 6.92 Å². The van der Waals surface area contributed by atoms with Crippen molar-refractivity contribution in [3.05, 3.63) is 10.4 Å². The maximum atomic E-state index is 12.9. The molecule has 68 valence electrons. The SMILES string of the molecule is C[C@@H]1O[C@H](CN=[N+]=[N-])[C@H](O)C1F. The zero-order chi connectivity index (χ0) is 9.14. The van der Waals surface area contributed by atoms with Gasteiger partial charge in [-0.05, 0) is 12.5 Å². The lowest BCUT2D eigenvalue weighted by atomic mass is 10.1. The molecule has 1 rings (SSSR count). The molecule has 0 amide bonds. The van der Waals surface area contributed by atoms with Gasteiger partial charge in [0, 0.05) is 4.91 Å². The number of halogens is 1. The first-order valence-electron chi connectivity index (χ1n) is 3.65. The highest BCUT2D eigenvalue weighted by atomic mass is 19.1. The fourth-order valence-electron chi connectivity index (χ4n) is 1.18. The Morgan fingerprint density at radius 2 is 2.42 bits per heavy atom. The average molecular weight is 175 g/mol. The van der Waals surface area contributed by atoms with E-state index in [0.717, 1.165) is 0 Å². The van der Waals surface area contributed by atoms with E-state index < -0.39 is 24.5 Å². The maximum absolute atomic E-state index is 12.9. The molecule has 1 aliphatic rings. The van der Waals surface area contributed by atoms with Crippen molar-refractivity contribution in [1.29, 1.82) is 0 Å². The number of hydrogen-bond donors (Lipinski definition) is 1. The Hall–Kier alpha value is -0.840. The van der Waals surface area contributed by atoms with E-state index in [1.807, 2.05) is 0 Å². The van der Waals surface area contributed by atoms with Crippen molar-refractivity contribution in [2.24, 2.45) is 5.11 Å². The number of aliphatic hydroxyl groups excluding tert-OH is 1. The van der Waals surface area contributed by atoms with Gasteiger partial charge in [-0.15, -0.1) is 0 Å². The fraction of sp³-hybridized carbons (Fsp3) is 1.00. The maximum Gasteiger partial charge on any atom is 0.154 e. The lowest BCUT2D eigenvalue weighted by molar-refractivity contribution is 0.0224. The molecule has 0 radical (unpaired) electrons. The molecule has 5 nitrogen and oxygen atoms in total. The second-order valence-electron chi connectivity index (χ2n) is 2.73. The molecule has 0 aromatic heterocycles. The zero-order valence-electron chi connectivity index (χ0n) is 6.59. The van der Waals surface area contributed by atoms with E-state index in [0.29, 0.717) is 0 Å². The standard InChI is InChI=1S/C6H10FN3O2/c1-3-5(7)6(11)4(12-3)2-9-10-8/h3-6,11H,2H2,1H3/t3-,4+,5?,6-/m0/s1. The first kappa shape index (κ1) is 9.25. The van der Waals surface area contributed by atoms with E-state index in [2.05, 4.69) is 10.0 Å². The van der Waals surface area contributed by atoms with Gasteiger partial charge in [0.25, 0.3) is 0 Å². The second kappa shape index (κ2) is 3.71. The molecule has 0 bridgehead atoms. The number of nitrogens with zero attached hydrogens (tertiary/aromatic N) is 3. The van der Waals surface area contributed by atoms with Crippen LogP contribution >= 0.6 is 0 Å². The molecule has 0 aliphatic carbocycles. The molecule has 1 unspecified atom stereocenters. The van der Waals surface area contributed by atoms with E-state index in [4.69, 9.17) is 10.3 Å². The lowest BCUT2D eigenvalue weighted by Gasteiger charge is -2.09. The third-order valence-electron chi connectivity index (χ3n) is 1.87. The summed E-state index contributed by atoms with van der Waals surface area (Å²) in [5, 5.41) is 12.4. The van der Waals surface area contributed by atoms with Gasteiger partial charge in [0.15, 0.2) is 6.17 Å². The van der Waals surface area contributed by atoms with Crippen molar-refractivity contribution in [1.82, 2.24) is 0 Å². The smallest absolute Gasteiger partial charge is 0.154 e. The number of aliphatic hydroxyl groups is 1. The molecule has 1 heterocycles. The van der Waals surface area contributed by atoms with Gasteiger partial charge in [-0.25, -0.2) is 4.39 Å². The average Bonchev–Trinajstić information content (AvgIpc) is 2.30. The van der Waals surface area contributed by atoms with Crippen LogP contribution in [0.25, 0.3) is 10.4 Å². The van der Waals surface area contributed by atoms with E-state index in [9.17, 15) is 9.50 Å². The summed E-state index contributed by atoms with van der Waals surface area (Å²) >= 11 is 0. The van der Waals surface area contributed by atoms with Gasteiger partial charge in [0.05, 0.1) is 18.8 Å². The van der Waals surface area contributed by atoms with E-state index in [1.54, 1.807) is 0 Å². The van der Waals surface area contributed by atoms with Gasteiger partial charge in [0.1, 0.15) is 6.10 Å². The monoisotopic (exact) mass is 175 g/mol. The van der Waals surface area contributed by atoms with Gasteiger partial charge >= 0.3 is 0 Å². The summed E-state index contributed by atoms with van der Waals surface area (Å²) in [6.45, 7) is 1.51. The molecule has 0 spiro atoms. The quantitative estimate of drug-likeness (QED) is 0.382. The minimum atomic E-state index is -1.39. The lowest BCUT2D eigenvalue weighted by Crippen LogP contribution is -2.29. The van der Waals surface area contributed by atoms with Crippen molar-refractivity contribution in [2.45, 2.75) is 31.4 Å². The van der Waals surface area contributed by atoms with Crippen LogP contribution in [0, 0.1) is 0 Å². The summed E-state index contributed by atoms with van der Waals surface area (Å²) in [7, 11) is 0. The van der Waals surface area contributed by atoms with Crippen molar-refractivity contribution >= 4 is 0 Å². The Morgan fingerprint density at radius 3 is 2.83 bits per heavy atom. The Bertz CT molecular complexity index is 207. The Labute approximate surface area is 68.8 Å². The topological polar surface area (TPSA) is 78.2 Å². The second-order valence-corrected chi connectivity index (χ2v) is 2.73. The molecular formula is C6H10FN3O2. The van der Waals surface area contributed by atoms with Gasteiger partial charge < -0.3 is 9.84 Å². The van der Waals surface area contributed by atoms with E-state index >= 15 is 0 Å². The van der Waals surface area contributed by atoms with Crippen LogP contribution in [-0.2, 0) is 4.74 Å². The van der Waals surface area contributed by atoms with Crippen LogP contribution in [0.5, 0.6) is 0 Å². The number of azide groups is 1. The minimum Gasteiger partial charge on any atom is -0.387 e. The van der Waals surface area contributed by atoms with Gasteiger partial charge in [-0.2, -0.15) is 0 Å². The van der Waals surface area contributed by atoms with Crippen molar-refractivity contribution in [2.75, 3.05) is 6.54 Å². The zero-order valence-corrected chi connectivity index (χ0v) is 6.59. The number of rotatable bonds is 2. The first-order chi connectivity index (χ1) is 5.66. The fourth-order valence-corrected chi connectivity index (χ4v) is 1.18. The van der Waals surface area contributed by atoms with Gasteiger partial charge in [0.2, 0.25) is 0 Å². The third kappa shape index (κ3) is 1.66. The first-order valence-corrected chi connectivity index (χ1v) is 3.65. The Morgan fingerprint density at radius 1 is 1.75 bits per heavy atom. The Kier molecular flexibility index (Phi) is 2.86. The van der Waals surface area contributed by atoms with Crippen LogP contribution in [0.15, 0.2) is 5.11 Å². The summed E-state index contributed by atoms with van der Waals surface area (Å²) in [6.07, 6.45) is -3.89. The highest BCUT2D eigenvalue weighted by Gasteiger charge is 2.40. The van der Waals surface area contributed by atoms with Crippen molar-refractivity contribution in [3.8, 4) is 0 Å². The largest absolute Gasteiger partial charge is 0.387 e. The highest BCUT2D eigenvalue weighted by molar-refractivity contribution is 4.89. The molecule has 1 fully saturated rings. The molecular weight excluding hydrogens is 165 g/mol. The molecule has 1 N–H and O–H groups in total. The predicted octanol–water partition coefficient (Wildman–Crippen LogP) is 0.783. The molecule has 12 heavy (non-hydrogen) atoms.